The van der Waals surface area contributed by atoms with Gasteiger partial charge in [-0.2, -0.15) is 0 Å². The van der Waals surface area contributed by atoms with Crippen LogP contribution in [0.2, 0.25) is 5.02 Å². The van der Waals surface area contributed by atoms with E-state index in [0.717, 1.165) is 4.90 Å². The zero-order chi connectivity index (χ0) is 24.3. The summed E-state index contributed by atoms with van der Waals surface area (Å²) in [7, 11) is 0. The Morgan fingerprint density at radius 2 is 1.97 bits per heavy atom. The van der Waals surface area contributed by atoms with Gasteiger partial charge in [-0.15, -0.1) is 0 Å². The Bertz CT molecular complexity index is 1200. The number of carbonyl (C=O) groups is 4. The maximum absolute atomic E-state index is 13.2. The lowest BCUT2D eigenvalue weighted by atomic mass is 10.1. The molecule has 1 saturated heterocycles. The summed E-state index contributed by atoms with van der Waals surface area (Å²) in [5, 5.41) is 11.4. The number of carbonyl (C=O) groups excluding carboxylic acids is 3. The smallest absolute Gasteiger partial charge is 0.341 e. The minimum absolute atomic E-state index is 0.159. The van der Waals surface area contributed by atoms with Crippen molar-refractivity contribution in [2.24, 2.45) is 0 Å². The Labute approximate surface area is 202 Å². The van der Waals surface area contributed by atoms with Gasteiger partial charge in [0.2, 0.25) is 0 Å². The van der Waals surface area contributed by atoms with Crippen LogP contribution in [0, 0.1) is 6.92 Å². The van der Waals surface area contributed by atoms with E-state index in [0.29, 0.717) is 20.6 Å². The molecule has 9 nitrogen and oxygen atoms in total. The van der Waals surface area contributed by atoms with E-state index >= 15 is 0 Å². The lowest BCUT2D eigenvalue weighted by Gasteiger charge is -2.27. The van der Waals surface area contributed by atoms with Crippen LogP contribution in [-0.2, 0) is 14.4 Å². The monoisotopic (exact) mass is 536 g/mol. The van der Waals surface area contributed by atoms with Crippen molar-refractivity contribution in [3.63, 3.8) is 0 Å². The maximum atomic E-state index is 13.2. The summed E-state index contributed by atoms with van der Waals surface area (Å²) in [6, 6.07) is 6.89. The Balaban J connectivity index is 2.04. The number of nitrogens with one attached hydrogen (secondary N) is 1. The molecule has 0 radical (unpaired) electrons. The second kappa shape index (κ2) is 10.1. The third-order valence-electron chi connectivity index (χ3n) is 4.56. The molecule has 0 spiro atoms. The SMILES string of the molecule is CCOc1cc(/C=C2\C(=O)NC(=O)N(c3cccc(Cl)c3C)C2=O)cc(Br)c1OCC(=O)O. The Hall–Kier alpha value is -3.37. The van der Waals surface area contributed by atoms with Gasteiger partial charge in [0.15, 0.2) is 18.1 Å². The van der Waals surface area contributed by atoms with Crippen LogP contribution >= 0.6 is 27.5 Å². The molecule has 1 aliphatic rings. The number of carboxylic acids is 1. The normalized spacial score (nSPS) is 15.0. The zero-order valence-electron chi connectivity index (χ0n) is 17.5. The quantitative estimate of drug-likeness (QED) is 0.405. The predicted molar refractivity (Wildman–Crippen MR) is 124 cm³/mol. The Kier molecular flexibility index (Phi) is 7.39. The van der Waals surface area contributed by atoms with Crippen molar-refractivity contribution in [1.82, 2.24) is 5.32 Å². The molecule has 2 N–H and O–H groups in total. The number of amides is 4. The van der Waals surface area contributed by atoms with Crippen molar-refractivity contribution in [1.29, 1.82) is 0 Å². The first-order chi connectivity index (χ1) is 15.6. The highest BCUT2D eigenvalue weighted by molar-refractivity contribution is 9.10. The van der Waals surface area contributed by atoms with Crippen LogP contribution in [0.15, 0.2) is 40.4 Å². The fraction of sp³-hybridized carbons (Fsp3) is 0.182. The van der Waals surface area contributed by atoms with Crippen LogP contribution in [0.5, 0.6) is 11.5 Å². The number of rotatable bonds is 7. The molecule has 0 atom stereocenters. The highest BCUT2D eigenvalue weighted by atomic mass is 79.9. The van der Waals surface area contributed by atoms with Crippen molar-refractivity contribution in [3.05, 3.63) is 56.5 Å². The topological polar surface area (TPSA) is 122 Å². The van der Waals surface area contributed by atoms with Gasteiger partial charge in [-0.3, -0.25) is 14.9 Å². The van der Waals surface area contributed by atoms with Crippen LogP contribution in [0.4, 0.5) is 10.5 Å². The zero-order valence-corrected chi connectivity index (χ0v) is 19.8. The number of nitrogens with zero attached hydrogens (tertiary/aromatic N) is 1. The summed E-state index contributed by atoms with van der Waals surface area (Å²) in [6.07, 6.45) is 1.30. The highest BCUT2D eigenvalue weighted by Gasteiger charge is 2.37. The number of carboxylic acid groups (broad SMARTS) is 1. The van der Waals surface area contributed by atoms with Gasteiger partial charge in [-0.1, -0.05) is 17.7 Å². The number of hydrogen-bond donors (Lipinski definition) is 2. The predicted octanol–water partition coefficient (Wildman–Crippen LogP) is 3.94. The highest BCUT2D eigenvalue weighted by Crippen LogP contribution is 2.38. The minimum atomic E-state index is -1.17. The molecule has 33 heavy (non-hydrogen) atoms. The number of benzene rings is 2. The van der Waals surface area contributed by atoms with Crippen LogP contribution in [0.1, 0.15) is 18.1 Å². The van der Waals surface area contributed by atoms with Crippen LogP contribution in [-0.4, -0.2) is 42.1 Å². The average Bonchev–Trinajstić information content (AvgIpc) is 2.73. The average molecular weight is 538 g/mol. The van der Waals surface area contributed by atoms with Crippen LogP contribution in [0.25, 0.3) is 6.08 Å². The molecule has 1 fully saturated rings. The molecule has 0 aromatic heterocycles. The van der Waals surface area contributed by atoms with Crippen molar-refractivity contribution in [2.45, 2.75) is 13.8 Å². The first-order valence-electron chi connectivity index (χ1n) is 9.61. The van der Waals surface area contributed by atoms with Crippen LogP contribution < -0.4 is 19.7 Å². The number of anilines is 1. The van der Waals surface area contributed by atoms with E-state index in [1.165, 1.54) is 18.2 Å². The summed E-state index contributed by atoms with van der Waals surface area (Å²) in [4.78, 5) is 49.8. The van der Waals surface area contributed by atoms with Gasteiger partial charge in [-0.05, 0) is 71.2 Å². The molecule has 1 aliphatic heterocycles. The van der Waals surface area contributed by atoms with Crippen molar-refractivity contribution in [3.8, 4) is 11.5 Å². The molecule has 3 rings (SSSR count). The molecule has 0 unspecified atom stereocenters. The van der Waals surface area contributed by atoms with E-state index < -0.39 is 30.4 Å². The lowest BCUT2D eigenvalue weighted by molar-refractivity contribution is -0.139. The second-order valence-electron chi connectivity index (χ2n) is 6.79. The number of ether oxygens (including phenoxy) is 2. The molecular weight excluding hydrogens is 520 g/mol. The van der Waals surface area contributed by atoms with Gasteiger partial charge in [0.05, 0.1) is 16.8 Å². The van der Waals surface area contributed by atoms with E-state index in [1.54, 1.807) is 32.0 Å². The lowest BCUT2D eigenvalue weighted by Crippen LogP contribution is -2.54. The number of urea groups is 1. The van der Waals surface area contributed by atoms with E-state index in [9.17, 15) is 19.2 Å². The molecule has 2 aromatic carbocycles. The third kappa shape index (κ3) is 5.18. The van der Waals surface area contributed by atoms with Gasteiger partial charge in [0.1, 0.15) is 5.57 Å². The van der Waals surface area contributed by atoms with Crippen molar-refractivity contribution in [2.75, 3.05) is 18.1 Å². The molecule has 4 amide bonds. The number of barbiturate groups is 1. The molecule has 0 saturated carbocycles. The van der Waals surface area contributed by atoms with E-state index in [4.69, 9.17) is 26.2 Å². The number of imide groups is 2. The minimum Gasteiger partial charge on any atom is -0.490 e. The van der Waals surface area contributed by atoms with E-state index in [2.05, 4.69) is 21.2 Å². The van der Waals surface area contributed by atoms with Gasteiger partial charge in [0.25, 0.3) is 11.8 Å². The molecule has 11 heteroatoms. The first kappa shape index (κ1) is 24.3. The summed E-state index contributed by atoms with van der Waals surface area (Å²) in [6.45, 7) is 3.05. The molecule has 1 heterocycles. The molecule has 0 aliphatic carbocycles. The Morgan fingerprint density at radius 1 is 1.24 bits per heavy atom. The number of halogens is 2. The van der Waals surface area contributed by atoms with Crippen LogP contribution in [0.3, 0.4) is 0 Å². The summed E-state index contributed by atoms with van der Waals surface area (Å²) in [5.74, 6) is -2.48. The standard InChI is InChI=1S/C22H18BrClN2O7/c1-3-32-17-9-12(8-14(23)19(17)33-10-18(27)28)7-13-20(29)25-22(31)26(21(13)30)16-6-4-5-15(24)11(16)2/h4-9H,3,10H2,1-2H3,(H,27,28)(H,25,29,31)/b13-7+. The first-order valence-corrected chi connectivity index (χ1v) is 10.8. The van der Waals surface area contributed by atoms with E-state index in [1.807, 2.05) is 0 Å². The second-order valence-corrected chi connectivity index (χ2v) is 8.05. The van der Waals surface area contributed by atoms with Gasteiger partial charge in [-0.25, -0.2) is 14.5 Å². The van der Waals surface area contributed by atoms with Gasteiger partial charge >= 0.3 is 12.0 Å². The van der Waals surface area contributed by atoms with Crippen molar-refractivity contribution < 1.29 is 33.8 Å². The molecule has 0 bridgehead atoms. The number of aliphatic carboxylic acids is 1. The molecular formula is C22H18BrClN2O7. The fourth-order valence-corrected chi connectivity index (χ4v) is 3.83. The summed E-state index contributed by atoms with van der Waals surface area (Å²) >= 11 is 9.43. The largest absolute Gasteiger partial charge is 0.490 e. The molecule has 2 aromatic rings. The van der Waals surface area contributed by atoms with Gasteiger partial charge < -0.3 is 14.6 Å². The van der Waals surface area contributed by atoms with Gasteiger partial charge in [0, 0.05) is 5.02 Å². The summed E-state index contributed by atoms with van der Waals surface area (Å²) in [5.41, 5.74) is 0.834. The van der Waals surface area contributed by atoms with Crippen molar-refractivity contribution >= 4 is 63.1 Å². The Morgan fingerprint density at radius 3 is 2.64 bits per heavy atom. The maximum Gasteiger partial charge on any atom is 0.341 e. The van der Waals surface area contributed by atoms with E-state index in [-0.39, 0.29) is 29.4 Å². The number of hydrogen-bond acceptors (Lipinski definition) is 6. The molecule has 172 valence electrons. The fourth-order valence-electron chi connectivity index (χ4n) is 3.09. The third-order valence-corrected chi connectivity index (χ3v) is 5.56. The summed E-state index contributed by atoms with van der Waals surface area (Å²) < 4.78 is 11.2.